The normalized spacial score (nSPS) is 29.4. The Hall–Kier alpha value is -2.61. The maximum absolute atomic E-state index is 15.2. The summed E-state index contributed by atoms with van der Waals surface area (Å²) in [5.74, 6) is 0. The summed E-state index contributed by atoms with van der Waals surface area (Å²) < 4.78 is 45.2. The third-order valence-electron chi connectivity index (χ3n) is 5.91. The number of alkyl halides is 1. The van der Waals surface area contributed by atoms with Gasteiger partial charge in [0.1, 0.15) is 24.4 Å². The van der Waals surface area contributed by atoms with Gasteiger partial charge in [0.05, 0.1) is 19.8 Å². The molecule has 6 atom stereocenters. The van der Waals surface area contributed by atoms with Crippen LogP contribution in [0.1, 0.15) is 23.0 Å². The molecular formula is C27H27FO5. The van der Waals surface area contributed by atoms with E-state index in [4.69, 9.17) is 23.7 Å². The number of halogens is 1. The molecule has 172 valence electrons. The summed E-state index contributed by atoms with van der Waals surface area (Å²) in [5, 5.41) is 0. The van der Waals surface area contributed by atoms with Gasteiger partial charge in [-0.1, -0.05) is 91.0 Å². The van der Waals surface area contributed by atoms with Crippen molar-refractivity contribution in [3.63, 3.8) is 0 Å². The molecule has 5 rings (SSSR count). The highest BCUT2D eigenvalue weighted by atomic mass is 19.1. The molecule has 0 aromatic heterocycles. The maximum atomic E-state index is 15.2. The molecule has 0 amide bonds. The zero-order valence-electron chi connectivity index (χ0n) is 18.2. The molecule has 0 spiro atoms. The second-order valence-electron chi connectivity index (χ2n) is 8.22. The zero-order valence-corrected chi connectivity index (χ0v) is 18.2. The average molecular weight is 451 g/mol. The van der Waals surface area contributed by atoms with Crippen molar-refractivity contribution in [2.75, 3.05) is 6.61 Å². The van der Waals surface area contributed by atoms with E-state index in [-0.39, 0.29) is 13.2 Å². The topological polar surface area (TPSA) is 46.2 Å². The summed E-state index contributed by atoms with van der Waals surface area (Å²) in [5.41, 5.74) is 2.83. The lowest BCUT2D eigenvalue weighted by Gasteiger charge is -2.47. The number of rotatable bonds is 7. The molecule has 0 radical (unpaired) electrons. The van der Waals surface area contributed by atoms with Gasteiger partial charge in [0.25, 0.3) is 0 Å². The van der Waals surface area contributed by atoms with Gasteiger partial charge in [0.2, 0.25) is 6.36 Å². The van der Waals surface area contributed by atoms with E-state index in [9.17, 15) is 0 Å². The third-order valence-corrected chi connectivity index (χ3v) is 5.91. The minimum absolute atomic E-state index is 0.210. The van der Waals surface area contributed by atoms with Gasteiger partial charge >= 0.3 is 0 Å². The van der Waals surface area contributed by atoms with Gasteiger partial charge < -0.3 is 23.7 Å². The molecule has 5 nitrogen and oxygen atoms in total. The SMILES string of the molecule is F[C@H]1O[C@@H]2CO[C@@H](c3ccccc3)O[C@@H]2[C@H](OCc2ccccc2)[C@H]1OCc1ccccc1. The van der Waals surface area contributed by atoms with E-state index in [1.54, 1.807) is 0 Å². The first kappa shape index (κ1) is 22.2. The monoisotopic (exact) mass is 450 g/mol. The molecule has 0 unspecified atom stereocenters. The lowest BCUT2D eigenvalue weighted by atomic mass is 9.97. The van der Waals surface area contributed by atoms with Gasteiger partial charge in [-0.25, -0.2) is 4.39 Å². The Morgan fingerprint density at radius 1 is 0.697 bits per heavy atom. The van der Waals surface area contributed by atoms with E-state index in [2.05, 4.69) is 0 Å². The summed E-state index contributed by atoms with van der Waals surface area (Å²) in [6, 6.07) is 29.1. The van der Waals surface area contributed by atoms with Crippen molar-refractivity contribution < 1.29 is 28.1 Å². The van der Waals surface area contributed by atoms with E-state index in [0.29, 0.717) is 6.61 Å². The molecule has 0 saturated carbocycles. The number of hydrogen-bond acceptors (Lipinski definition) is 5. The molecule has 2 aliphatic rings. The first-order chi connectivity index (χ1) is 16.3. The summed E-state index contributed by atoms with van der Waals surface area (Å²) in [6.07, 6.45) is -4.97. The molecule has 0 N–H and O–H groups in total. The largest absolute Gasteiger partial charge is 0.368 e. The van der Waals surface area contributed by atoms with Crippen LogP contribution in [0.4, 0.5) is 4.39 Å². The number of fused-ring (bicyclic) bond motifs is 1. The van der Waals surface area contributed by atoms with Crippen LogP contribution >= 0.6 is 0 Å². The van der Waals surface area contributed by atoms with Gasteiger partial charge in [-0.15, -0.1) is 0 Å². The van der Waals surface area contributed by atoms with Crippen LogP contribution in [0, 0.1) is 0 Å². The van der Waals surface area contributed by atoms with Crippen LogP contribution < -0.4 is 0 Å². The predicted molar refractivity (Wildman–Crippen MR) is 120 cm³/mol. The minimum atomic E-state index is -1.66. The number of hydrogen-bond donors (Lipinski definition) is 0. The molecule has 0 aliphatic carbocycles. The molecule has 2 saturated heterocycles. The lowest BCUT2D eigenvalue weighted by Crippen LogP contribution is -2.62. The molecule has 2 aliphatic heterocycles. The van der Waals surface area contributed by atoms with Crippen LogP contribution in [0.5, 0.6) is 0 Å². The zero-order chi connectivity index (χ0) is 22.5. The van der Waals surface area contributed by atoms with Crippen molar-refractivity contribution in [2.45, 2.75) is 50.3 Å². The highest BCUT2D eigenvalue weighted by molar-refractivity contribution is 5.17. The molecule has 6 heteroatoms. The summed E-state index contributed by atoms with van der Waals surface area (Å²) >= 11 is 0. The van der Waals surface area contributed by atoms with Crippen LogP contribution in [0.15, 0.2) is 91.0 Å². The number of ether oxygens (including phenoxy) is 5. The van der Waals surface area contributed by atoms with Crippen LogP contribution in [0.3, 0.4) is 0 Å². The van der Waals surface area contributed by atoms with Crippen molar-refractivity contribution in [2.24, 2.45) is 0 Å². The van der Waals surface area contributed by atoms with E-state index in [0.717, 1.165) is 16.7 Å². The Labute approximate surface area is 193 Å². The first-order valence-corrected chi connectivity index (χ1v) is 11.2. The second kappa shape index (κ2) is 10.5. The Bertz CT molecular complexity index is 987. The van der Waals surface area contributed by atoms with Gasteiger partial charge in [0.15, 0.2) is 6.29 Å². The standard InChI is InChI=1S/C27H27FO5/c28-26-25(30-17-20-12-6-2-7-13-20)24(29-16-19-10-4-1-5-11-19)23-22(32-26)18-31-27(33-23)21-14-8-3-9-15-21/h1-15,22-27H,16-18H2/t22-,23+,24+,25-,26+,27-/m1/s1. The lowest BCUT2D eigenvalue weighted by molar-refractivity contribution is -0.355. The summed E-state index contributed by atoms with van der Waals surface area (Å²) in [6.45, 7) is 0.768. The first-order valence-electron chi connectivity index (χ1n) is 11.2. The van der Waals surface area contributed by atoms with E-state index < -0.39 is 37.1 Å². The van der Waals surface area contributed by atoms with Crippen LogP contribution in [-0.2, 0) is 36.9 Å². The van der Waals surface area contributed by atoms with Crippen molar-refractivity contribution >= 4 is 0 Å². The molecule has 0 bridgehead atoms. The fraction of sp³-hybridized carbons (Fsp3) is 0.333. The molecular weight excluding hydrogens is 423 g/mol. The summed E-state index contributed by atoms with van der Waals surface area (Å²) in [7, 11) is 0. The smallest absolute Gasteiger partial charge is 0.228 e. The maximum Gasteiger partial charge on any atom is 0.228 e. The van der Waals surface area contributed by atoms with Crippen molar-refractivity contribution in [1.29, 1.82) is 0 Å². The molecule has 33 heavy (non-hydrogen) atoms. The van der Waals surface area contributed by atoms with E-state index in [1.165, 1.54) is 0 Å². The Kier molecular flexibility index (Phi) is 7.09. The summed E-state index contributed by atoms with van der Waals surface area (Å²) in [4.78, 5) is 0. The minimum Gasteiger partial charge on any atom is -0.368 e. The third kappa shape index (κ3) is 5.32. The van der Waals surface area contributed by atoms with E-state index >= 15 is 4.39 Å². The van der Waals surface area contributed by atoms with Crippen molar-refractivity contribution in [3.8, 4) is 0 Å². The Morgan fingerprint density at radius 2 is 1.24 bits per heavy atom. The van der Waals surface area contributed by atoms with Crippen LogP contribution in [0.25, 0.3) is 0 Å². The van der Waals surface area contributed by atoms with Crippen molar-refractivity contribution in [3.05, 3.63) is 108 Å². The van der Waals surface area contributed by atoms with Gasteiger partial charge in [-0.05, 0) is 11.1 Å². The van der Waals surface area contributed by atoms with E-state index in [1.807, 2.05) is 91.0 Å². The Balaban J connectivity index is 1.36. The fourth-order valence-electron chi connectivity index (χ4n) is 4.21. The molecule has 3 aromatic rings. The molecule has 2 fully saturated rings. The van der Waals surface area contributed by atoms with Gasteiger partial charge in [0, 0.05) is 5.56 Å². The Morgan fingerprint density at radius 3 is 1.85 bits per heavy atom. The van der Waals surface area contributed by atoms with Crippen LogP contribution in [-0.4, -0.2) is 37.4 Å². The van der Waals surface area contributed by atoms with Gasteiger partial charge in [-0.2, -0.15) is 0 Å². The fourth-order valence-corrected chi connectivity index (χ4v) is 4.21. The van der Waals surface area contributed by atoms with Crippen molar-refractivity contribution in [1.82, 2.24) is 0 Å². The molecule has 3 aromatic carbocycles. The highest BCUT2D eigenvalue weighted by Gasteiger charge is 2.51. The molecule has 2 heterocycles. The van der Waals surface area contributed by atoms with Crippen LogP contribution in [0.2, 0.25) is 0 Å². The predicted octanol–water partition coefficient (Wildman–Crippen LogP) is 4.97. The van der Waals surface area contributed by atoms with Gasteiger partial charge in [-0.3, -0.25) is 0 Å². The number of benzene rings is 3. The highest BCUT2D eigenvalue weighted by Crippen LogP contribution is 2.37. The quantitative estimate of drug-likeness (QED) is 0.509. The average Bonchev–Trinajstić information content (AvgIpc) is 2.88. The second-order valence-corrected chi connectivity index (χ2v) is 8.22.